The minimum Gasteiger partial charge on any atom is -0.356 e. The van der Waals surface area contributed by atoms with E-state index in [-0.39, 0.29) is 11.3 Å². The lowest BCUT2D eigenvalue weighted by Gasteiger charge is -2.32. The Bertz CT molecular complexity index is 937. The van der Waals surface area contributed by atoms with Crippen molar-refractivity contribution < 1.29 is 14.8 Å². The highest BCUT2D eigenvalue weighted by Crippen LogP contribution is 2.41. The van der Waals surface area contributed by atoms with Crippen LogP contribution in [0, 0.1) is 19.3 Å². The molecular weight excluding hydrogens is 340 g/mol. The van der Waals surface area contributed by atoms with Crippen LogP contribution in [0.3, 0.4) is 0 Å². The van der Waals surface area contributed by atoms with Gasteiger partial charge in [-0.1, -0.05) is 23.8 Å². The number of nitrogens with zero attached hydrogens (tertiary/aromatic N) is 1. The van der Waals surface area contributed by atoms with Crippen LogP contribution < -0.4 is 10.4 Å². The van der Waals surface area contributed by atoms with E-state index in [9.17, 15) is 14.8 Å². The van der Waals surface area contributed by atoms with E-state index in [2.05, 4.69) is 5.32 Å². The molecule has 2 aliphatic rings. The average molecular weight is 364 g/mol. The first-order valence-electron chi connectivity index (χ1n) is 9.40. The quantitative estimate of drug-likeness (QED) is 0.634. The molecule has 5 nitrogen and oxygen atoms in total. The molecular formula is C22H24N2O3. The fourth-order valence-corrected chi connectivity index (χ4v) is 4.39. The number of hydrogen-bond acceptors (Lipinski definition) is 3. The van der Waals surface area contributed by atoms with E-state index in [0.29, 0.717) is 17.7 Å². The summed E-state index contributed by atoms with van der Waals surface area (Å²) < 4.78 is 0. The van der Waals surface area contributed by atoms with E-state index in [1.54, 1.807) is 12.1 Å². The molecule has 4 rings (SSSR count). The molecule has 1 atom stereocenters. The van der Waals surface area contributed by atoms with Gasteiger partial charge in [0.2, 0.25) is 5.91 Å². The third kappa shape index (κ3) is 3.02. The van der Waals surface area contributed by atoms with Crippen molar-refractivity contribution in [1.82, 2.24) is 5.32 Å². The molecule has 1 spiro atoms. The predicted molar refractivity (Wildman–Crippen MR) is 103 cm³/mol. The Balaban J connectivity index is 1.62. The number of hydrogen-bond donors (Lipinski definition) is 2. The van der Waals surface area contributed by atoms with E-state index in [1.807, 2.05) is 38.1 Å². The van der Waals surface area contributed by atoms with Crippen LogP contribution in [0.15, 0.2) is 36.4 Å². The topological polar surface area (TPSA) is 69.6 Å². The molecule has 2 N–H and O–H groups in total. The van der Waals surface area contributed by atoms with Gasteiger partial charge in [-0.3, -0.25) is 14.8 Å². The molecule has 2 aromatic rings. The molecule has 0 radical (unpaired) electrons. The molecule has 1 aliphatic carbocycles. The molecule has 1 heterocycles. The van der Waals surface area contributed by atoms with Crippen LogP contribution in [0.2, 0.25) is 0 Å². The molecule has 27 heavy (non-hydrogen) atoms. The van der Waals surface area contributed by atoms with Crippen LogP contribution >= 0.6 is 0 Å². The zero-order chi connectivity index (χ0) is 19.2. The predicted octanol–water partition coefficient (Wildman–Crippen LogP) is 3.33. The van der Waals surface area contributed by atoms with Crippen molar-refractivity contribution in [3.63, 3.8) is 0 Å². The minimum absolute atomic E-state index is 0.129. The number of rotatable bonds is 2. The molecule has 0 bridgehead atoms. The van der Waals surface area contributed by atoms with Gasteiger partial charge >= 0.3 is 0 Å². The Labute approximate surface area is 159 Å². The van der Waals surface area contributed by atoms with E-state index in [0.717, 1.165) is 47.6 Å². The third-order valence-corrected chi connectivity index (χ3v) is 6.00. The smallest absolute Gasteiger partial charge is 0.282 e. The number of aryl methyl sites for hydroxylation is 3. The standard InChI is InChI=1S/C22H24N2O3/c1-14-3-6-19(15(2)11-14)24(27)20(25)17-5-4-16-7-8-22(13-18(16)12-17)9-10-23-21(22)26/h3-6,11-12,27H,7-10,13H2,1-2H3,(H,23,26)/t22-/m1/s1. The van der Waals surface area contributed by atoms with Crippen molar-refractivity contribution in [2.45, 2.75) is 39.5 Å². The summed E-state index contributed by atoms with van der Waals surface area (Å²) in [5.74, 6) is -0.329. The van der Waals surface area contributed by atoms with Crippen LogP contribution in [0.4, 0.5) is 5.69 Å². The van der Waals surface area contributed by atoms with Crippen molar-refractivity contribution in [1.29, 1.82) is 0 Å². The van der Waals surface area contributed by atoms with E-state index in [4.69, 9.17) is 0 Å². The van der Waals surface area contributed by atoms with Crippen LogP contribution in [-0.4, -0.2) is 23.6 Å². The largest absolute Gasteiger partial charge is 0.356 e. The van der Waals surface area contributed by atoms with Gasteiger partial charge < -0.3 is 5.32 Å². The zero-order valence-corrected chi connectivity index (χ0v) is 15.7. The van der Waals surface area contributed by atoms with Gasteiger partial charge in [0, 0.05) is 12.1 Å². The molecule has 1 fully saturated rings. The lowest BCUT2D eigenvalue weighted by molar-refractivity contribution is -0.128. The maximum Gasteiger partial charge on any atom is 0.282 e. The molecule has 0 aromatic heterocycles. The molecule has 1 aliphatic heterocycles. The fourth-order valence-electron chi connectivity index (χ4n) is 4.39. The lowest BCUT2D eigenvalue weighted by atomic mass is 9.70. The van der Waals surface area contributed by atoms with Crippen LogP contribution in [-0.2, 0) is 17.6 Å². The highest BCUT2D eigenvalue weighted by Gasteiger charge is 2.44. The van der Waals surface area contributed by atoms with Crippen molar-refractivity contribution in [2.24, 2.45) is 5.41 Å². The molecule has 0 unspecified atom stereocenters. The number of benzene rings is 2. The van der Waals surface area contributed by atoms with Crippen LogP contribution in [0.1, 0.15) is 45.5 Å². The number of fused-ring (bicyclic) bond motifs is 1. The van der Waals surface area contributed by atoms with Gasteiger partial charge in [-0.2, -0.15) is 5.06 Å². The van der Waals surface area contributed by atoms with Crippen molar-refractivity contribution in [2.75, 3.05) is 11.6 Å². The highest BCUT2D eigenvalue weighted by molar-refractivity contribution is 6.05. The van der Waals surface area contributed by atoms with Crippen molar-refractivity contribution >= 4 is 17.5 Å². The summed E-state index contributed by atoms with van der Waals surface area (Å²) in [4.78, 5) is 25.2. The van der Waals surface area contributed by atoms with Crippen LogP contribution in [0.25, 0.3) is 0 Å². The second-order valence-corrected chi connectivity index (χ2v) is 7.85. The maximum atomic E-state index is 12.8. The van der Waals surface area contributed by atoms with Gasteiger partial charge in [-0.15, -0.1) is 0 Å². The molecule has 5 heteroatoms. The summed E-state index contributed by atoms with van der Waals surface area (Å²) in [6.45, 7) is 4.57. The molecule has 0 saturated carbocycles. The lowest BCUT2D eigenvalue weighted by Crippen LogP contribution is -2.36. The Morgan fingerprint density at radius 3 is 2.63 bits per heavy atom. The van der Waals surface area contributed by atoms with Gasteiger partial charge in [0.25, 0.3) is 5.91 Å². The first kappa shape index (κ1) is 17.7. The van der Waals surface area contributed by atoms with Gasteiger partial charge in [-0.05, 0) is 74.4 Å². The summed E-state index contributed by atoms with van der Waals surface area (Å²) in [5.41, 5.74) is 4.73. The van der Waals surface area contributed by atoms with Crippen molar-refractivity contribution in [3.8, 4) is 0 Å². The van der Waals surface area contributed by atoms with E-state index in [1.165, 1.54) is 5.56 Å². The number of nitrogens with one attached hydrogen (secondary N) is 1. The Hall–Kier alpha value is -2.66. The van der Waals surface area contributed by atoms with Gasteiger partial charge in [0.1, 0.15) is 0 Å². The molecule has 140 valence electrons. The molecule has 2 amide bonds. The number of hydroxylamine groups is 1. The minimum atomic E-state index is -0.458. The Morgan fingerprint density at radius 2 is 1.93 bits per heavy atom. The Morgan fingerprint density at radius 1 is 1.11 bits per heavy atom. The molecule has 1 saturated heterocycles. The van der Waals surface area contributed by atoms with Crippen LogP contribution in [0.5, 0.6) is 0 Å². The molecule has 2 aromatic carbocycles. The average Bonchev–Trinajstić information content (AvgIpc) is 2.99. The third-order valence-electron chi connectivity index (χ3n) is 6.00. The number of carbonyl (C=O) groups excluding carboxylic acids is 2. The summed E-state index contributed by atoms with van der Waals surface area (Å²) in [6.07, 6.45) is 3.20. The van der Waals surface area contributed by atoms with E-state index < -0.39 is 5.91 Å². The van der Waals surface area contributed by atoms with Crippen molar-refractivity contribution in [3.05, 3.63) is 64.2 Å². The summed E-state index contributed by atoms with van der Waals surface area (Å²) in [6, 6.07) is 11.1. The summed E-state index contributed by atoms with van der Waals surface area (Å²) >= 11 is 0. The summed E-state index contributed by atoms with van der Waals surface area (Å²) in [5, 5.41) is 14.1. The SMILES string of the molecule is Cc1ccc(N(O)C(=O)c2ccc3c(c2)C[C@]2(CCNC2=O)CC3)c(C)c1. The number of anilines is 1. The zero-order valence-electron chi connectivity index (χ0n) is 15.7. The van der Waals surface area contributed by atoms with Gasteiger partial charge in [-0.25, -0.2) is 0 Å². The summed E-state index contributed by atoms with van der Waals surface area (Å²) in [7, 11) is 0. The first-order valence-corrected chi connectivity index (χ1v) is 9.40. The normalized spacial score (nSPS) is 21.1. The van der Waals surface area contributed by atoms with Gasteiger partial charge in [0.05, 0.1) is 11.1 Å². The number of carbonyl (C=O) groups is 2. The Kier molecular flexibility index (Phi) is 4.27. The monoisotopic (exact) mass is 364 g/mol. The fraction of sp³-hybridized carbons (Fsp3) is 0.364. The highest BCUT2D eigenvalue weighted by atomic mass is 16.5. The maximum absolute atomic E-state index is 12.8. The van der Waals surface area contributed by atoms with E-state index >= 15 is 0 Å². The first-order chi connectivity index (χ1) is 12.9. The second kappa shape index (κ2) is 6.50. The second-order valence-electron chi connectivity index (χ2n) is 7.85. The van der Waals surface area contributed by atoms with Gasteiger partial charge in [0.15, 0.2) is 0 Å². The number of amides is 2.